The van der Waals surface area contributed by atoms with Gasteiger partial charge in [0.25, 0.3) is 0 Å². The van der Waals surface area contributed by atoms with Crippen molar-refractivity contribution in [3.05, 3.63) is 48.2 Å². The van der Waals surface area contributed by atoms with E-state index in [1.165, 1.54) is 11.8 Å². The van der Waals surface area contributed by atoms with Gasteiger partial charge in [0.2, 0.25) is 0 Å². The Kier molecular flexibility index (Phi) is 3.96. The Bertz CT molecular complexity index is 739. The van der Waals surface area contributed by atoms with E-state index in [-0.39, 0.29) is 0 Å². The third-order valence-corrected chi connectivity index (χ3v) is 3.76. The van der Waals surface area contributed by atoms with E-state index in [4.69, 9.17) is 0 Å². The normalized spacial score (nSPS) is 10.8. The molecule has 0 atom stereocenters. The molecule has 0 saturated heterocycles. The predicted octanol–water partition coefficient (Wildman–Crippen LogP) is 3.28. The van der Waals surface area contributed by atoms with Gasteiger partial charge in [0, 0.05) is 35.5 Å². The molecule has 21 heavy (non-hydrogen) atoms. The van der Waals surface area contributed by atoms with Crippen LogP contribution in [0.5, 0.6) is 0 Å². The van der Waals surface area contributed by atoms with E-state index >= 15 is 0 Å². The molecule has 1 N–H and O–H groups in total. The first-order chi connectivity index (χ1) is 10.2. The number of aromatic amines is 1. The SMILES string of the molecule is CCc1cnc(Sc2cc(C)nc(-c3cccnc3)n2)[nH]1. The van der Waals surface area contributed by atoms with Crippen molar-refractivity contribution in [2.75, 3.05) is 0 Å². The van der Waals surface area contributed by atoms with Crippen LogP contribution >= 0.6 is 11.8 Å². The highest BCUT2D eigenvalue weighted by molar-refractivity contribution is 7.99. The van der Waals surface area contributed by atoms with E-state index in [1.54, 1.807) is 12.4 Å². The number of aryl methyl sites for hydroxylation is 2. The van der Waals surface area contributed by atoms with Gasteiger partial charge in [-0.1, -0.05) is 6.92 Å². The third-order valence-electron chi connectivity index (χ3n) is 2.94. The van der Waals surface area contributed by atoms with Crippen LogP contribution in [0, 0.1) is 6.92 Å². The lowest BCUT2D eigenvalue weighted by Crippen LogP contribution is -1.94. The summed E-state index contributed by atoms with van der Waals surface area (Å²) in [6.07, 6.45) is 6.31. The lowest BCUT2D eigenvalue weighted by molar-refractivity contribution is 0.975. The van der Waals surface area contributed by atoms with Crippen molar-refractivity contribution in [1.82, 2.24) is 24.9 Å². The maximum atomic E-state index is 4.59. The molecule has 0 spiro atoms. The fraction of sp³-hybridized carbons (Fsp3) is 0.200. The molecule has 0 saturated carbocycles. The largest absolute Gasteiger partial charge is 0.337 e. The molecule has 5 nitrogen and oxygen atoms in total. The van der Waals surface area contributed by atoms with E-state index in [9.17, 15) is 0 Å². The third kappa shape index (κ3) is 3.28. The van der Waals surface area contributed by atoms with Gasteiger partial charge >= 0.3 is 0 Å². The van der Waals surface area contributed by atoms with Gasteiger partial charge in [0.15, 0.2) is 11.0 Å². The summed E-state index contributed by atoms with van der Waals surface area (Å²) in [5.74, 6) is 0.688. The van der Waals surface area contributed by atoms with Crippen molar-refractivity contribution in [3.63, 3.8) is 0 Å². The summed E-state index contributed by atoms with van der Waals surface area (Å²) in [4.78, 5) is 20.8. The zero-order chi connectivity index (χ0) is 14.7. The van der Waals surface area contributed by atoms with Crippen LogP contribution in [0.15, 0.2) is 47.0 Å². The van der Waals surface area contributed by atoms with Crippen LogP contribution in [0.3, 0.4) is 0 Å². The van der Waals surface area contributed by atoms with Gasteiger partial charge in [0.1, 0.15) is 5.03 Å². The lowest BCUT2D eigenvalue weighted by atomic mass is 10.2. The van der Waals surface area contributed by atoms with Crippen molar-refractivity contribution < 1.29 is 0 Å². The van der Waals surface area contributed by atoms with Crippen molar-refractivity contribution >= 4 is 11.8 Å². The zero-order valence-corrected chi connectivity index (χ0v) is 12.7. The minimum atomic E-state index is 0.688. The van der Waals surface area contributed by atoms with Gasteiger partial charge in [-0.25, -0.2) is 15.0 Å². The smallest absolute Gasteiger partial charge is 0.171 e. The first-order valence-corrected chi connectivity index (χ1v) is 7.54. The fourth-order valence-electron chi connectivity index (χ4n) is 1.89. The average Bonchev–Trinajstić information content (AvgIpc) is 2.95. The van der Waals surface area contributed by atoms with Crippen molar-refractivity contribution in [3.8, 4) is 11.4 Å². The Morgan fingerprint density at radius 1 is 1.24 bits per heavy atom. The van der Waals surface area contributed by atoms with E-state index < -0.39 is 0 Å². The Morgan fingerprint density at radius 3 is 2.86 bits per heavy atom. The number of H-pyrrole nitrogens is 1. The van der Waals surface area contributed by atoms with E-state index in [2.05, 4.69) is 31.8 Å². The Balaban J connectivity index is 1.91. The fourth-order valence-corrected chi connectivity index (χ4v) is 2.73. The minimum Gasteiger partial charge on any atom is -0.337 e. The maximum Gasteiger partial charge on any atom is 0.171 e. The number of nitrogens with zero attached hydrogens (tertiary/aromatic N) is 4. The van der Waals surface area contributed by atoms with Crippen LogP contribution in [-0.2, 0) is 6.42 Å². The molecule has 0 amide bonds. The Labute approximate surface area is 127 Å². The number of aromatic nitrogens is 5. The summed E-state index contributed by atoms with van der Waals surface area (Å²) in [7, 11) is 0. The van der Waals surface area contributed by atoms with Crippen LogP contribution in [0.4, 0.5) is 0 Å². The van der Waals surface area contributed by atoms with E-state index in [1.807, 2.05) is 31.3 Å². The number of hydrogen-bond donors (Lipinski definition) is 1. The van der Waals surface area contributed by atoms with Gasteiger partial charge < -0.3 is 4.98 Å². The van der Waals surface area contributed by atoms with Crippen LogP contribution in [0.2, 0.25) is 0 Å². The summed E-state index contributed by atoms with van der Waals surface area (Å²) in [5.41, 5.74) is 2.96. The molecular formula is C15H15N5S. The molecule has 106 valence electrons. The summed E-state index contributed by atoms with van der Waals surface area (Å²) in [6.45, 7) is 4.06. The first kappa shape index (κ1) is 13.8. The number of imidazole rings is 1. The maximum absolute atomic E-state index is 4.59. The van der Waals surface area contributed by atoms with Gasteiger partial charge in [-0.2, -0.15) is 0 Å². The molecule has 6 heteroatoms. The topological polar surface area (TPSA) is 67.3 Å². The highest BCUT2D eigenvalue weighted by atomic mass is 32.2. The molecule has 0 bridgehead atoms. The van der Waals surface area contributed by atoms with Crippen molar-refractivity contribution in [2.45, 2.75) is 30.5 Å². The summed E-state index contributed by atoms with van der Waals surface area (Å²) >= 11 is 1.51. The van der Waals surface area contributed by atoms with Crippen LogP contribution in [-0.4, -0.2) is 24.9 Å². The van der Waals surface area contributed by atoms with Crippen molar-refractivity contribution in [2.24, 2.45) is 0 Å². The highest BCUT2D eigenvalue weighted by Gasteiger charge is 2.08. The minimum absolute atomic E-state index is 0.688. The van der Waals surface area contributed by atoms with Crippen LogP contribution in [0.25, 0.3) is 11.4 Å². The number of nitrogens with one attached hydrogen (secondary N) is 1. The molecule has 3 heterocycles. The molecule has 3 aromatic rings. The number of hydrogen-bond acceptors (Lipinski definition) is 5. The summed E-state index contributed by atoms with van der Waals surface area (Å²) < 4.78 is 0. The van der Waals surface area contributed by atoms with Crippen molar-refractivity contribution in [1.29, 1.82) is 0 Å². The Hall–Kier alpha value is -2.21. The van der Waals surface area contributed by atoms with Gasteiger partial charge in [-0.15, -0.1) is 0 Å². The molecule has 0 aliphatic rings. The molecule has 0 unspecified atom stereocenters. The van der Waals surface area contributed by atoms with Crippen LogP contribution in [0.1, 0.15) is 18.3 Å². The molecule has 0 radical (unpaired) electrons. The second-order valence-corrected chi connectivity index (χ2v) is 5.59. The summed E-state index contributed by atoms with van der Waals surface area (Å²) in [5, 5.41) is 1.72. The molecule has 0 aliphatic heterocycles. The number of rotatable bonds is 4. The molecule has 0 aliphatic carbocycles. The van der Waals surface area contributed by atoms with Gasteiger partial charge in [-0.05, 0) is 43.3 Å². The Morgan fingerprint density at radius 2 is 2.14 bits per heavy atom. The quantitative estimate of drug-likeness (QED) is 0.748. The second-order valence-electron chi connectivity index (χ2n) is 4.58. The number of pyridine rings is 1. The first-order valence-electron chi connectivity index (χ1n) is 6.72. The van der Waals surface area contributed by atoms with E-state index in [0.29, 0.717) is 5.82 Å². The zero-order valence-electron chi connectivity index (χ0n) is 11.9. The molecule has 3 aromatic heterocycles. The standard InChI is InChI=1S/C15H15N5S/c1-3-12-9-17-15(19-12)21-13-7-10(2)18-14(20-13)11-5-4-6-16-8-11/h4-9H,3H2,1-2H3,(H,17,19). The monoisotopic (exact) mass is 297 g/mol. The molecule has 3 rings (SSSR count). The van der Waals surface area contributed by atoms with Gasteiger partial charge in [-0.3, -0.25) is 4.98 Å². The van der Waals surface area contributed by atoms with E-state index in [0.717, 1.165) is 33.6 Å². The molecular weight excluding hydrogens is 282 g/mol. The summed E-state index contributed by atoms with van der Waals surface area (Å²) in [6, 6.07) is 5.80. The van der Waals surface area contributed by atoms with Crippen LogP contribution < -0.4 is 0 Å². The molecule has 0 fully saturated rings. The van der Waals surface area contributed by atoms with Gasteiger partial charge in [0.05, 0.1) is 0 Å². The predicted molar refractivity (Wildman–Crippen MR) is 82.1 cm³/mol. The lowest BCUT2D eigenvalue weighted by Gasteiger charge is -2.04. The molecule has 0 aromatic carbocycles. The second kappa shape index (κ2) is 6.05. The highest BCUT2D eigenvalue weighted by Crippen LogP contribution is 2.26. The average molecular weight is 297 g/mol.